The highest BCUT2D eigenvalue weighted by atomic mass is 16.4. The van der Waals surface area contributed by atoms with Gasteiger partial charge in [-0.2, -0.15) is 0 Å². The van der Waals surface area contributed by atoms with Gasteiger partial charge in [-0.25, -0.2) is 0 Å². The molecule has 1 saturated carbocycles. The number of likely N-dealkylation sites (tertiary alicyclic amines) is 1. The molecule has 1 aliphatic heterocycles. The molecule has 1 unspecified atom stereocenters. The lowest BCUT2D eigenvalue weighted by atomic mass is 9.90. The molecule has 4 nitrogen and oxygen atoms in total. The Morgan fingerprint density at radius 1 is 1.08 bits per heavy atom. The molecule has 0 radical (unpaired) electrons. The van der Waals surface area contributed by atoms with Crippen LogP contribution in [0.1, 0.15) is 37.7 Å². The van der Waals surface area contributed by atoms with E-state index in [0.29, 0.717) is 6.42 Å². The van der Waals surface area contributed by atoms with Crippen LogP contribution >= 0.6 is 0 Å². The summed E-state index contributed by atoms with van der Waals surface area (Å²) in [4.78, 5) is 25.5. The molecule has 2 fully saturated rings. The monoisotopic (exact) mass is 351 g/mol. The molecule has 1 atom stereocenters. The van der Waals surface area contributed by atoms with Crippen LogP contribution in [0.15, 0.2) is 42.5 Å². The minimum Gasteiger partial charge on any atom is -0.481 e. The van der Waals surface area contributed by atoms with Crippen molar-refractivity contribution in [2.45, 2.75) is 38.5 Å². The maximum absolute atomic E-state index is 12.5. The zero-order valence-corrected chi connectivity index (χ0v) is 15.0. The smallest absolute Gasteiger partial charge is 0.307 e. The number of carboxylic acids is 1. The molecule has 26 heavy (non-hydrogen) atoms. The van der Waals surface area contributed by atoms with Gasteiger partial charge in [0.2, 0.25) is 5.91 Å². The molecule has 1 N–H and O–H groups in total. The summed E-state index contributed by atoms with van der Waals surface area (Å²) in [6, 6.07) is 14.8. The molecular formula is C22H25NO3. The van der Waals surface area contributed by atoms with E-state index < -0.39 is 5.97 Å². The second kappa shape index (κ2) is 6.75. The fourth-order valence-corrected chi connectivity index (χ4v) is 4.45. The van der Waals surface area contributed by atoms with Gasteiger partial charge in [0, 0.05) is 19.5 Å². The summed E-state index contributed by atoms with van der Waals surface area (Å²) in [5, 5.41) is 11.6. The number of aliphatic carboxylic acids is 1. The topological polar surface area (TPSA) is 57.6 Å². The largest absolute Gasteiger partial charge is 0.481 e. The summed E-state index contributed by atoms with van der Waals surface area (Å²) in [6.07, 6.45) is 4.83. The summed E-state index contributed by atoms with van der Waals surface area (Å²) in [7, 11) is 0. The molecule has 4 rings (SSSR count). The second-order valence-electron chi connectivity index (χ2n) is 7.87. The van der Waals surface area contributed by atoms with Crippen LogP contribution in [0.2, 0.25) is 0 Å². The average molecular weight is 351 g/mol. The van der Waals surface area contributed by atoms with Gasteiger partial charge in [-0.1, -0.05) is 42.5 Å². The maximum Gasteiger partial charge on any atom is 0.307 e. The molecule has 1 amide bonds. The fourth-order valence-electron chi connectivity index (χ4n) is 4.45. The number of carbonyl (C=O) groups excluding carboxylic acids is 1. The molecule has 2 aromatic carbocycles. The molecule has 1 aliphatic carbocycles. The SMILES string of the molecule is O=C(O)C1CC12CCN(C(=O)CCCc1ccc3ccccc3c1)CC2. The van der Waals surface area contributed by atoms with Crippen molar-refractivity contribution >= 4 is 22.6 Å². The summed E-state index contributed by atoms with van der Waals surface area (Å²) >= 11 is 0. The lowest BCUT2D eigenvalue weighted by molar-refractivity contribution is -0.139. The number of piperidine rings is 1. The van der Waals surface area contributed by atoms with Crippen LogP contribution in [0.3, 0.4) is 0 Å². The molecule has 2 aromatic rings. The number of nitrogens with zero attached hydrogens (tertiary/aromatic N) is 1. The van der Waals surface area contributed by atoms with Crippen molar-refractivity contribution < 1.29 is 14.7 Å². The first-order chi connectivity index (χ1) is 12.6. The summed E-state index contributed by atoms with van der Waals surface area (Å²) in [5.74, 6) is -0.624. The number of carbonyl (C=O) groups is 2. The molecule has 1 spiro atoms. The van der Waals surface area contributed by atoms with Crippen LogP contribution in [-0.4, -0.2) is 35.0 Å². The molecule has 0 aromatic heterocycles. The number of amides is 1. The van der Waals surface area contributed by atoms with Gasteiger partial charge in [-0.3, -0.25) is 9.59 Å². The van der Waals surface area contributed by atoms with Gasteiger partial charge in [0.1, 0.15) is 0 Å². The quantitative estimate of drug-likeness (QED) is 0.889. The third-order valence-electron chi connectivity index (χ3n) is 6.27. The Hall–Kier alpha value is -2.36. The van der Waals surface area contributed by atoms with E-state index in [4.69, 9.17) is 5.11 Å². The summed E-state index contributed by atoms with van der Waals surface area (Å²) in [5.41, 5.74) is 1.27. The van der Waals surface area contributed by atoms with E-state index in [2.05, 4.69) is 30.3 Å². The molecule has 136 valence electrons. The lowest BCUT2D eigenvalue weighted by Gasteiger charge is -2.32. The van der Waals surface area contributed by atoms with Crippen molar-refractivity contribution in [2.75, 3.05) is 13.1 Å². The number of benzene rings is 2. The Labute approximate surface area is 153 Å². The van der Waals surface area contributed by atoms with Gasteiger partial charge < -0.3 is 10.0 Å². The number of rotatable bonds is 5. The van der Waals surface area contributed by atoms with Crippen molar-refractivity contribution in [1.82, 2.24) is 4.90 Å². The van der Waals surface area contributed by atoms with Crippen LogP contribution in [0.25, 0.3) is 10.8 Å². The van der Waals surface area contributed by atoms with Gasteiger partial charge in [0.15, 0.2) is 0 Å². The summed E-state index contributed by atoms with van der Waals surface area (Å²) in [6.45, 7) is 1.44. The zero-order valence-electron chi connectivity index (χ0n) is 15.0. The number of carboxylic acid groups (broad SMARTS) is 1. The first-order valence-corrected chi connectivity index (χ1v) is 9.56. The predicted octanol–water partition coefficient (Wildman–Crippen LogP) is 3.88. The first kappa shape index (κ1) is 17.1. The predicted molar refractivity (Wildman–Crippen MR) is 101 cm³/mol. The number of fused-ring (bicyclic) bond motifs is 1. The number of hydrogen-bond donors (Lipinski definition) is 1. The van der Waals surface area contributed by atoms with Crippen molar-refractivity contribution in [1.29, 1.82) is 0 Å². The second-order valence-corrected chi connectivity index (χ2v) is 7.87. The third kappa shape index (κ3) is 3.33. The van der Waals surface area contributed by atoms with E-state index in [9.17, 15) is 9.59 Å². The number of aryl methyl sites for hydroxylation is 1. The third-order valence-corrected chi connectivity index (χ3v) is 6.27. The zero-order chi connectivity index (χ0) is 18.1. The van der Waals surface area contributed by atoms with Crippen LogP contribution in [0.4, 0.5) is 0 Å². The van der Waals surface area contributed by atoms with Gasteiger partial charge >= 0.3 is 5.97 Å². The molecule has 1 heterocycles. The van der Waals surface area contributed by atoms with Gasteiger partial charge in [-0.05, 0) is 53.9 Å². The Bertz CT molecular complexity index is 836. The van der Waals surface area contributed by atoms with Crippen LogP contribution in [-0.2, 0) is 16.0 Å². The van der Waals surface area contributed by atoms with E-state index in [0.717, 1.165) is 45.2 Å². The standard InChI is InChI=1S/C22H25NO3/c24-20(23-12-10-22(11-13-23)15-19(22)21(25)26)7-3-4-16-8-9-17-5-1-2-6-18(17)14-16/h1-2,5-6,8-9,14,19H,3-4,7,10-13,15H2,(H,25,26). The van der Waals surface area contributed by atoms with Gasteiger partial charge in [0.05, 0.1) is 5.92 Å². The normalized spacial score (nSPS) is 21.1. The van der Waals surface area contributed by atoms with Crippen LogP contribution in [0.5, 0.6) is 0 Å². The fraction of sp³-hybridized carbons (Fsp3) is 0.455. The highest BCUT2D eigenvalue weighted by Crippen LogP contribution is 2.59. The number of hydrogen-bond acceptors (Lipinski definition) is 2. The van der Waals surface area contributed by atoms with Crippen molar-refractivity contribution in [3.8, 4) is 0 Å². The molecule has 1 saturated heterocycles. The highest BCUT2D eigenvalue weighted by molar-refractivity contribution is 5.83. The van der Waals surface area contributed by atoms with Crippen LogP contribution in [0, 0.1) is 11.3 Å². The minimum atomic E-state index is -0.667. The minimum absolute atomic E-state index is 0.00624. The van der Waals surface area contributed by atoms with Crippen LogP contribution < -0.4 is 0 Å². The highest BCUT2D eigenvalue weighted by Gasteiger charge is 2.59. The lowest BCUT2D eigenvalue weighted by Crippen LogP contribution is -2.39. The average Bonchev–Trinajstić information content (AvgIpc) is 3.36. The van der Waals surface area contributed by atoms with Gasteiger partial charge in [0.25, 0.3) is 0 Å². The van der Waals surface area contributed by atoms with Crippen molar-refractivity contribution in [3.05, 3.63) is 48.0 Å². The Balaban J connectivity index is 1.25. The molecular weight excluding hydrogens is 326 g/mol. The van der Waals surface area contributed by atoms with Gasteiger partial charge in [-0.15, -0.1) is 0 Å². The van der Waals surface area contributed by atoms with Crippen molar-refractivity contribution in [3.63, 3.8) is 0 Å². The molecule has 2 aliphatic rings. The Morgan fingerprint density at radius 3 is 2.50 bits per heavy atom. The maximum atomic E-state index is 12.5. The summed E-state index contributed by atoms with van der Waals surface area (Å²) < 4.78 is 0. The van der Waals surface area contributed by atoms with Crippen molar-refractivity contribution in [2.24, 2.45) is 11.3 Å². The Kier molecular flexibility index (Phi) is 4.43. The molecule has 4 heteroatoms. The van der Waals surface area contributed by atoms with E-state index >= 15 is 0 Å². The Morgan fingerprint density at radius 2 is 1.81 bits per heavy atom. The van der Waals surface area contributed by atoms with E-state index in [-0.39, 0.29) is 17.2 Å². The molecule has 0 bridgehead atoms. The van der Waals surface area contributed by atoms with E-state index in [1.165, 1.54) is 16.3 Å². The van der Waals surface area contributed by atoms with E-state index in [1.54, 1.807) is 0 Å². The first-order valence-electron chi connectivity index (χ1n) is 9.56. The van der Waals surface area contributed by atoms with E-state index in [1.807, 2.05) is 17.0 Å².